The molecule has 0 saturated heterocycles. The van der Waals surface area contributed by atoms with E-state index in [4.69, 9.17) is 4.74 Å². The van der Waals surface area contributed by atoms with E-state index in [0.29, 0.717) is 24.1 Å². The highest BCUT2D eigenvalue weighted by Crippen LogP contribution is 2.37. The molecule has 0 aliphatic carbocycles. The molecular weight excluding hydrogens is 422 g/mol. The fraction of sp³-hybridized carbons (Fsp3) is 0.400. The van der Waals surface area contributed by atoms with Crippen LogP contribution in [0.1, 0.15) is 26.6 Å². The second-order valence-electron chi connectivity index (χ2n) is 7.02. The van der Waals surface area contributed by atoms with Crippen LogP contribution in [-0.4, -0.2) is 52.1 Å². The maximum Gasteiger partial charge on any atom is 0.321 e. The molecule has 0 spiro atoms. The summed E-state index contributed by atoms with van der Waals surface area (Å²) >= 11 is 3.09. The quantitative estimate of drug-likeness (QED) is 0.355. The van der Waals surface area contributed by atoms with Gasteiger partial charge in [-0.2, -0.15) is 0 Å². The number of ether oxygens (including phenoxy) is 1. The SMILES string of the molecule is CCNC(=O)Nc1nc2cc(-c3cnc(C(C)(C)O)nc3)c(SCCOC)cc2s1. The predicted octanol–water partition coefficient (Wildman–Crippen LogP) is 3.86. The van der Waals surface area contributed by atoms with E-state index in [-0.39, 0.29) is 6.03 Å². The minimum atomic E-state index is -1.10. The summed E-state index contributed by atoms with van der Waals surface area (Å²) in [5, 5.41) is 16.1. The van der Waals surface area contributed by atoms with Crippen molar-refractivity contribution in [3.8, 4) is 11.1 Å². The number of anilines is 1. The minimum absolute atomic E-state index is 0.276. The number of benzene rings is 1. The summed E-state index contributed by atoms with van der Waals surface area (Å²) in [6.07, 6.45) is 3.42. The average molecular weight is 448 g/mol. The topological polar surface area (TPSA) is 109 Å². The maximum absolute atomic E-state index is 11.8. The van der Waals surface area contributed by atoms with Gasteiger partial charge in [0.2, 0.25) is 0 Å². The number of fused-ring (bicyclic) bond motifs is 1. The van der Waals surface area contributed by atoms with Gasteiger partial charge >= 0.3 is 6.03 Å². The van der Waals surface area contributed by atoms with Gasteiger partial charge in [0.05, 0.1) is 16.8 Å². The van der Waals surface area contributed by atoms with Gasteiger partial charge in [0.25, 0.3) is 0 Å². The molecule has 0 aliphatic rings. The number of thioether (sulfide) groups is 1. The summed E-state index contributed by atoms with van der Waals surface area (Å²) in [7, 11) is 1.68. The summed E-state index contributed by atoms with van der Waals surface area (Å²) in [5.41, 5.74) is 1.45. The molecular formula is C20H25N5O3S2. The fourth-order valence-corrected chi connectivity index (χ4v) is 4.63. The van der Waals surface area contributed by atoms with Crippen molar-refractivity contribution < 1.29 is 14.6 Å². The number of thiazole rings is 1. The lowest BCUT2D eigenvalue weighted by Gasteiger charge is -2.15. The third-order valence-electron chi connectivity index (χ3n) is 4.10. The normalized spacial score (nSPS) is 11.6. The Morgan fingerprint density at radius 3 is 2.67 bits per heavy atom. The summed E-state index contributed by atoms with van der Waals surface area (Å²) in [5.74, 6) is 1.16. The molecule has 3 N–H and O–H groups in total. The van der Waals surface area contributed by atoms with E-state index < -0.39 is 5.60 Å². The second kappa shape index (κ2) is 9.69. The van der Waals surface area contributed by atoms with Crippen LogP contribution >= 0.6 is 23.1 Å². The highest BCUT2D eigenvalue weighted by molar-refractivity contribution is 7.99. The van der Waals surface area contributed by atoms with Crippen molar-refractivity contribution in [2.45, 2.75) is 31.3 Å². The van der Waals surface area contributed by atoms with Crippen LogP contribution in [0.3, 0.4) is 0 Å². The minimum Gasteiger partial charge on any atom is -0.384 e. The first kappa shape index (κ1) is 22.4. The van der Waals surface area contributed by atoms with Crippen LogP contribution in [0.5, 0.6) is 0 Å². The Morgan fingerprint density at radius 2 is 2.03 bits per heavy atom. The molecule has 0 fully saturated rings. The molecule has 3 rings (SSSR count). The molecule has 0 saturated carbocycles. The third-order valence-corrected chi connectivity index (χ3v) is 6.06. The van der Waals surface area contributed by atoms with Crippen molar-refractivity contribution in [1.29, 1.82) is 0 Å². The zero-order valence-electron chi connectivity index (χ0n) is 17.4. The summed E-state index contributed by atoms with van der Waals surface area (Å²) in [6, 6.07) is 3.77. The number of nitrogens with zero attached hydrogens (tertiary/aromatic N) is 3. The molecule has 0 unspecified atom stereocenters. The van der Waals surface area contributed by atoms with Gasteiger partial charge in [-0.3, -0.25) is 5.32 Å². The van der Waals surface area contributed by atoms with Crippen molar-refractivity contribution >= 4 is 44.5 Å². The van der Waals surface area contributed by atoms with E-state index in [1.807, 2.05) is 13.0 Å². The van der Waals surface area contributed by atoms with Gasteiger partial charge in [-0.1, -0.05) is 11.3 Å². The first-order chi connectivity index (χ1) is 14.3. The van der Waals surface area contributed by atoms with Gasteiger partial charge in [0.15, 0.2) is 11.0 Å². The van der Waals surface area contributed by atoms with E-state index in [1.54, 1.807) is 45.1 Å². The standard InChI is InChI=1S/C20H25N5O3S2/c1-5-21-18(26)25-19-24-14-8-13(12-10-22-17(23-11-12)20(2,3)27)15(9-16(14)30-19)29-7-6-28-4/h8-11,27H,5-7H2,1-4H3,(H2,21,24,25,26). The van der Waals surface area contributed by atoms with Crippen LogP contribution in [0.2, 0.25) is 0 Å². The molecule has 2 aromatic heterocycles. The van der Waals surface area contributed by atoms with Crippen LogP contribution in [0.25, 0.3) is 21.3 Å². The van der Waals surface area contributed by atoms with Crippen LogP contribution in [0, 0.1) is 0 Å². The van der Waals surface area contributed by atoms with Gasteiger partial charge in [-0.05, 0) is 32.9 Å². The van der Waals surface area contributed by atoms with E-state index >= 15 is 0 Å². The number of nitrogens with one attached hydrogen (secondary N) is 2. The van der Waals surface area contributed by atoms with Gasteiger partial charge in [-0.25, -0.2) is 19.7 Å². The lowest BCUT2D eigenvalue weighted by atomic mass is 10.1. The first-order valence-corrected chi connectivity index (χ1v) is 11.3. The van der Waals surface area contributed by atoms with E-state index in [9.17, 15) is 9.90 Å². The Kier molecular flexibility index (Phi) is 7.24. The Balaban J connectivity index is 1.99. The third kappa shape index (κ3) is 5.45. The van der Waals surface area contributed by atoms with E-state index in [2.05, 4.69) is 31.7 Å². The van der Waals surface area contributed by atoms with Gasteiger partial charge in [-0.15, -0.1) is 11.8 Å². The monoisotopic (exact) mass is 447 g/mol. The molecule has 1 aromatic carbocycles. The number of urea groups is 1. The van der Waals surface area contributed by atoms with Crippen LogP contribution in [-0.2, 0) is 10.3 Å². The first-order valence-electron chi connectivity index (χ1n) is 9.48. The molecule has 0 radical (unpaired) electrons. The lowest BCUT2D eigenvalue weighted by Crippen LogP contribution is -2.28. The maximum atomic E-state index is 11.8. The number of carbonyl (C=O) groups is 1. The van der Waals surface area contributed by atoms with Gasteiger partial charge in [0, 0.05) is 47.8 Å². The lowest BCUT2D eigenvalue weighted by molar-refractivity contribution is 0.0687. The predicted molar refractivity (Wildman–Crippen MR) is 121 cm³/mol. The smallest absolute Gasteiger partial charge is 0.321 e. The van der Waals surface area contributed by atoms with Gasteiger partial charge < -0.3 is 15.2 Å². The molecule has 0 atom stereocenters. The number of aromatic nitrogens is 3. The highest BCUT2D eigenvalue weighted by Gasteiger charge is 2.20. The van der Waals surface area contributed by atoms with Gasteiger partial charge in [0.1, 0.15) is 5.60 Å². The molecule has 2 heterocycles. The molecule has 160 valence electrons. The van der Waals surface area contributed by atoms with E-state index in [1.165, 1.54) is 11.3 Å². The van der Waals surface area contributed by atoms with E-state index in [0.717, 1.165) is 32.0 Å². The summed E-state index contributed by atoms with van der Waals surface area (Å²) in [4.78, 5) is 26.1. The number of aliphatic hydroxyl groups is 1. The highest BCUT2D eigenvalue weighted by atomic mass is 32.2. The second-order valence-corrected chi connectivity index (χ2v) is 9.18. The largest absolute Gasteiger partial charge is 0.384 e. The number of hydrogen-bond donors (Lipinski definition) is 3. The van der Waals surface area contributed by atoms with Crippen molar-refractivity contribution in [3.05, 3.63) is 30.4 Å². The summed E-state index contributed by atoms with van der Waals surface area (Å²) in [6.45, 7) is 6.33. The number of methoxy groups -OCH3 is 1. The van der Waals surface area contributed by atoms with Crippen molar-refractivity contribution in [2.24, 2.45) is 0 Å². The molecule has 8 nitrogen and oxygen atoms in total. The fourth-order valence-electron chi connectivity index (χ4n) is 2.67. The van der Waals surface area contributed by atoms with Crippen molar-refractivity contribution in [3.63, 3.8) is 0 Å². The molecule has 0 bridgehead atoms. The number of rotatable bonds is 8. The Hall–Kier alpha value is -2.27. The van der Waals surface area contributed by atoms with Crippen LogP contribution in [0.15, 0.2) is 29.4 Å². The summed E-state index contributed by atoms with van der Waals surface area (Å²) < 4.78 is 6.15. The number of amides is 2. The zero-order chi connectivity index (χ0) is 21.7. The Morgan fingerprint density at radius 1 is 1.30 bits per heavy atom. The van der Waals surface area contributed by atoms with Crippen LogP contribution < -0.4 is 10.6 Å². The molecule has 30 heavy (non-hydrogen) atoms. The Bertz CT molecular complexity index is 1020. The number of hydrogen-bond acceptors (Lipinski definition) is 8. The molecule has 0 aliphatic heterocycles. The van der Waals surface area contributed by atoms with Crippen molar-refractivity contribution in [1.82, 2.24) is 20.3 Å². The molecule has 3 aromatic rings. The van der Waals surface area contributed by atoms with Crippen LogP contribution in [0.4, 0.5) is 9.93 Å². The molecule has 2 amide bonds. The van der Waals surface area contributed by atoms with Crippen molar-refractivity contribution in [2.75, 3.05) is 31.3 Å². The average Bonchev–Trinajstić information content (AvgIpc) is 3.08. The Labute approximate surface area is 183 Å². The number of carbonyl (C=O) groups excluding carboxylic acids is 1. The zero-order valence-corrected chi connectivity index (χ0v) is 19.0. The molecule has 10 heteroatoms.